The molecule has 2 aromatic rings. The number of rotatable bonds is 8. The van der Waals surface area contributed by atoms with Gasteiger partial charge in [0.2, 0.25) is 10.0 Å². The third-order valence-corrected chi connectivity index (χ3v) is 6.38. The van der Waals surface area contributed by atoms with Crippen LogP contribution in [-0.4, -0.2) is 32.8 Å². The normalized spacial score (nSPS) is 12.5. The van der Waals surface area contributed by atoms with Crippen LogP contribution in [0.15, 0.2) is 53.6 Å². The highest BCUT2D eigenvalue weighted by Gasteiger charge is 2.23. The summed E-state index contributed by atoms with van der Waals surface area (Å²) in [6.07, 6.45) is 1.64. The maximum Gasteiger partial charge on any atom is 0.260 e. The number of amides is 1. The molecule has 0 heterocycles. The Labute approximate surface area is 187 Å². The minimum Gasteiger partial charge on any atom is -0.271 e. The van der Waals surface area contributed by atoms with Gasteiger partial charge in [0.1, 0.15) is 6.54 Å². The van der Waals surface area contributed by atoms with Crippen LogP contribution in [0.4, 0.5) is 5.69 Å². The summed E-state index contributed by atoms with van der Waals surface area (Å²) in [5, 5.41) is 4.63. The quantitative estimate of drug-likeness (QED) is 0.452. The van der Waals surface area contributed by atoms with Crippen LogP contribution in [0.3, 0.4) is 0 Å². The van der Waals surface area contributed by atoms with E-state index < -0.39 is 22.5 Å². The number of hydrogen-bond acceptors (Lipinski definition) is 4. The van der Waals surface area contributed by atoms with Crippen molar-refractivity contribution in [2.75, 3.05) is 17.1 Å². The summed E-state index contributed by atoms with van der Waals surface area (Å²) in [5.74, 6) is -0.566. The number of nitrogens with zero attached hydrogens (tertiary/aromatic N) is 2. The van der Waals surface area contributed by atoms with Crippen molar-refractivity contribution in [2.24, 2.45) is 5.10 Å². The van der Waals surface area contributed by atoms with Crippen molar-refractivity contribution < 1.29 is 13.2 Å². The Morgan fingerprint density at radius 3 is 2.30 bits per heavy atom. The van der Waals surface area contributed by atoms with Crippen molar-refractivity contribution in [1.29, 1.82) is 0 Å². The van der Waals surface area contributed by atoms with Crippen LogP contribution < -0.4 is 9.73 Å². The minimum atomic E-state index is -3.72. The number of sulfonamides is 1. The van der Waals surface area contributed by atoms with Crippen LogP contribution in [0.2, 0.25) is 10.0 Å². The predicted octanol–water partition coefficient (Wildman–Crippen LogP) is 4.62. The number of halogens is 2. The van der Waals surface area contributed by atoms with Gasteiger partial charge in [-0.2, -0.15) is 5.10 Å². The summed E-state index contributed by atoms with van der Waals surface area (Å²) in [7, 11) is -3.72. The topological polar surface area (TPSA) is 78.8 Å². The minimum absolute atomic E-state index is 0.168. The van der Waals surface area contributed by atoms with E-state index in [-0.39, 0.29) is 16.1 Å². The molecule has 2 aromatic carbocycles. The number of anilines is 1. The molecule has 0 aliphatic heterocycles. The maximum atomic E-state index is 12.4. The molecular formula is C21H25Cl2N3O3S. The van der Waals surface area contributed by atoms with Gasteiger partial charge in [-0.3, -0.25) is 9.10 Å². The molecule has 30 heavy (non-hydrogen) atoms. The van der Waals surface area contributed by atoms with Crippen molar-refractivity contribution in [3.8, 4) is 0 Å². The van der Waals surface area contributed by atoms with E-state index in [1.165, 1.54) is 18.2 Å². The van der Waals surface area contributed by atoms with E-state index >= 15 is 0 Å². The monoisotopic (exact) mass is 469 g/mol. The van der Waals surface area contributed by atoms with E-state index in [4.69, 9.17) is 23.2 Å². The Bertz CT molecular complexity index is 1040. The zero-order valence-electron chi connectivity index (χ0n) is 17.3. The average Bonchev–Trinajstić information content (AvgIpc) is 2.66. The first-order valence-electron chi connectivity index (χ1n) is 9.20. The van der Waals surface area contributed by atoms with Gasteiger partial charge in [0.25, 0.3) is 5.91 Å². The molecule has 1 amide bonds. The van der Waals surface area contributed by atoms with Gasteiger partial charge >= 0.3 is 0 Å². The van der Waals surface area contributed by atoms with E-state index in [1.807, 2.05) is 37.3 Å². The molecule has 1 N–H and O–H groups in total. The molecule has 0 radical (unpaired) electrons. The molecule has 0 atom stereocenters. The number of nitrogens with one attached hydrogen (secondary N) is 1. The Balaban J connectivity index is 2.09. The van der Waals surface area contributed by atoms with Crippen LogP contribution in [0.25, 0.3) is 0 Å². The molecular weight excluding hydrogens is 445 g/mol. The van der Waals surface area contributed by atoms with Gasteiger partial charge in [-0.15, -0.1) is 0 Å². The summed E-state index contributed by atoms with van der Waals surface area (Å²) in [4.78, 5) is 12.4. The molecule has 2 rings (SSSR count). The van der Waals surface area contributed by atoms with Crippen molar-refractivity contribution >= 4 is 50.5 Å². The average molecular weight is 470 g/mol. The van der Waals surface area contributed by atoms with Gasteiger partial charge < -0.3 is 0 Å². The van der Waals surface area contributed by atoms with Crippen LogP contribution in [0.5, 0.6) is 0 Å². The number of benzene rings is 2. The number of carbonyl (C=O) groups is 1. The van der Waals surface area contributed by atoms with Crippen molar-refractivity contribution in [1.82, 2.24) is 5.43 Å². The molecule has 0 saturated heterocycles. The second-order valence-corrected chi connectivity index (χ2v) is 10.4. The standard InChI is InChI=1S/C21H25Cl2N3O3S/c1-15(13-21(2,3)16-8-6-5-7-9-16)24-25-20(27)14-26(30(4,28)29)17-10-11-18(22)19(23)12-17/h5-12H,13-14H2,1-4H3,(H,25,27)/b24-15-. The lowest BCUT2D eigenvalue weighted by atomic mass is 9.80. The van der Waals surface area contributed by atoms with Gasteiger partial charge in [-0.1, -0.05) is 67.4 Å². The highest BCUT2D eigenvalue weighted by atomic mass is 35.5. The molecule has 0 unspecified atom stereocenters. The molecule has 0 fully saturated rings. The first-order valence-corrected chi connectivity index (χ1v) is 11.8. The van der Waals surface area contributed by atoms with Crippen LogP contribution in [0.1, 0.15) is 32.8 Å². The summed E-state index contributed by atoms with van der Waals surface area (Å²) in [6, 6.07) is 14.4. The molecule has 6 nitrogen and oxygen atoms in total. The number of hydrogen-bond donors (Lipinski definition) is 1. The lowest BCUT2D eigenvalue weighted by Gasteiger charge is -2.25. The molecule has 0 bridgehead atoms. The molecule has 0 aliphatic rings. The van der Waals surface area contributed by atoms with Crippen LogP contribution in [0, 0.1) is 0 Å². The van der Waals surface area contributed by atoms with Gasteiger partial charge in [-0.25, -0.2) is 13.8 Å². The largest absolute Gasteiger partial charge is 0.271 e. The van der Waals surface area contributed by atoms with E-state index in [0.29, 0.717) is 11.4 Å². The van der Waals surface area contributed by atoms with E-state index in [2.05, 4.69) is 24.4 Å². The molecule has 0 aromatic heterocycles. The van der Waals surface area contributed by atoms with Gasteiger partial charge in [0, 0.05) is 5.71 Å². The lowest BCUT2D eigenvalue weighted by molar-refractivity contribution is -0.119. The number of hydrazone groups is 1. The van der Waals surface area contributed by atoms with Gasteiger partial charge in [-0.05, 0) is 42.5 Å². The number of carbonyl (C=O) groups excluding carboxylic acids is 1. The van der Waals surface area contributed by atoms with Gasteiger partial charge in [0.05, 0.1) is 22.0 Å². The smallest absolute Gasteiger partial charge is 0.260 e. The fraction of sp³-hybridized carbons (Fsp3) is 0.333. The third kappa shape index (κ3) is 6.72. The van der Waals surface area contributed by atoms with Crippen molar-refractivity contribution in [2.45, 2.75) is 32.6 Å². The fourth-order valence-electron chi connectivity index (χ4n) is 3.03. The molecule has 9 heteroatoms. The molecule has 0 aliphatic carbocycles. The predicted molar refractivity (Wildman–Crippen MR) is 124 cm³/mol. The maximum absolute atomic E-state index is 12.4. The van der Waals surface area contributed by atoms with Crippen molar-refractivity contribution in [3.63, 3.8) is 0 Å². The highest BCUT2D eigenvalue weighted by Crippen LogP contribution is 2.29. The summed E-state index contributed by atoms with van der Waals surface area (Å²) in [6.45, 7) is 5.58. The van der Waals surface area contributed by atoms with Crippen LogP contribution in [-0.2, 0) is 20.2 Å². The SMILES string of the molecule is C/C(CC(C)(C)c1ccccc1)=N/NC(=O)CN(c1ccc(Cl)c(Cl)c1)S(C)(=O)=O. The zero-order chi connectivity index (χ0) is 22.5. The summed E-state index contributed by atoms with van der Waals surface area (Å²) in [5.41, 5.74) is 4.39. The Morgan fingerprint density at radius 2 is 1.73 bits per heavy atom. The van der Waals surface area contributed by atoms with Crippen molar-refractivity contribution in [3.05, 3.63) is 64.1 Å². The first-order chi connectivity index (χ1) is 13.9. The Kier molecular flexibility index (Phi) is 7.91. The third-order valence-electron chi connectivity index (χ3n) is 4.50. The Morgan fingerprint density at radius 1 is 1.10 bits per heavy atom. The molecule has 0 spiro atoms. The van der Waals surface area contributed by atoms with E-state index in [9.17, 15) is 13.2 Å². The second-order valence-electron chi connectivity index (χ2n) is 7.68. The zero-order valence-corrected chi connectivity index (χ0v) is 19.6. The summed E-state index contributed by atoms with van der Waals surface area (Å²) < 4.78 is 25.3. The van der Waals surface area contributed by atoms with Crippen LogP contribution >= 0.6 is 23.2 Å². The molecule has 162 valence electrons. The van der Waals surface area contributed by atoms with E-state index in [0.717, 1.165) is 21.8 Å². The molecule has 0 saturated carbocycles. The fourth-order valence-corrected chi connectivity index (χ4v) is 4.17. The van der Waals surface area contributed by atoms with Gasteiger partial charge in [0.15, 0.2) is 0 Å². The first kappa shape index (κ1) is 24.2. The second kappa shape index (κ2) is 9.81. The summed E-state index contributed by atoms with van der Waals surface area (Å²) >= 11 is 11.9. The Hall–Kier alpha value is -2.09. The lowest BCUT2D eigenvalue weighted by Crippen LogP contribution is -2.39. The van der Waals surface area contributed by atoms with E-state index in [1.54, 1.807) is 0 Å². The highest BCUT2D eigenvalue weighted by molar-refractivity contribution is 7.92.